The van der Waals surface area contributed by atoms with Crippen LogP contribution in [0, 0.1) is 0 Å². The van der Waals surface area contributed by atoms with Crippen LogP contribution in [0.3, 0.4) is 0 Å². The Bertz CT molecular complexity index is 1470. The monoisotopic (exact) mass is 545 g/mol. The quantitative estimate of drug-likeness (QED) is 0.199. The van der Waals surface area contributed by atoms with E-state index in [1.165, 1.54) is 54.0 Å². The zero-order valence-corrected chi connectivity index (χ0v) is 21.2. The van der Waals surface area contributed by atoms with Gasteiger partial charge >= 0.3 is 12.0 Å². The predicted molar refractivity (Wildman–Crippen MR) is 137 cm³/mol. The molecule has 1 aromatic carbocycles. The summed E-state index contributed by atoms with van der Waals surface area (Å²) in [5.41, 5.74) is -0.466. The molecule has 3 amide bonds. The second-order valence-electron chi connectivity index (χ2n) is 7.95. The number of pyridine rings is 2. The lowest BCUT2D eigenvalue weighted by atomic mass is 10.2. The normalized spacial score (nSPS) is 11.9. The number of aliphatic carboxylic acids is 1. The zero-order valence-electron chi connectivity index (χ0n) is 20.3. The number of nitrogens with zero attached hydrogens (tertiary/aromatic N) is 1. The summed E-state index contributed by atoms with van der Waals surface area (Å²) in [6, 6.07) is 11.3. The lowest BCUT2D eigenvalue weighted by Crippen LogP contribution is -2.48. The highest BCUT2D eigenvalue weighted by Crippen LogP contribution is 2.13. The van der Waals surface area contributed by atoms with Gasteiger partial charge in [-0.05, 0) is 42.8 Å². The fourth-order valence-electron chi connectivity index (χ4n) is 3.31. The maximum atomic E-state index is 13.0. The topological polar surface area (TPSA) is 184 Å². The first kappa shape index (κ1) is 28.1. The average molecular weight is 546 g/mol. The van der Waals surface area contributed by atoms with Gasteiger partial charge < -0.3 is 25.8 Å². The van der Waals surface area contributed by atoms with Crippen LogP contribution in [0.2, 0.25) is 0 Å². The number of amides is 3. The van der Waals surface area contributed by atoms with E-state index in [2.05, 4.69) is 16.0 Å². The van der Waals surface area contributed by atoms with Gasteiger partial charge in [0.2, 0.25) is 10.0 Å². The highest BCUT2D eigenvalue weighted by molar-refractivity contribution is 7.89. The van der Waals surface area contributed by atoms with Gasteiger partial charge in [-0.3, -0.25) is 18.8 Å². The van der Waals surface area contributed by atoms with Gasteiger partial charge in [0, 0.05) is 25.7 Å². The molecule has 14 heteroatoms. The van der Waals surface area contributed by atoms with Crippen molar-refractivity contribution < 1.29 is 32.6 Å². The number of carbonyl (C=O) groups excluding carboxylic acids is 2. The Balaban J connectivity index is 1.67. The van der Waals surface area contributed by atoms with Crippen molar-refractivity contribution in [2.45, 2.75) is 17.4 Å². The van der Waals surface area contributed by atoms with Gasteiger partial charge in [0.15, 0.2) is 0 Å². The molecule has 0 saturated heterocycles. The zero-order chi connectivity index (χ0) is 27.7. The third-order valence-electron chi connectivity index (χ3n) is 5.29. The number of carboxylic acid groups (broad SMARTS) is 1. The summed E-state index contributed by atoms with van der Waals surface area (Å²) >= 11 is 0. The molecule has 2 heterocycles. The number of ether oxygens (including phenoxy) is 1. The summed E-state index contributed by atoms with van der Waals surface area (Å²) in [5, 5.41) is 16.8. The Morgan fingerprint density at radius 3 is 2.42 bits per heavy atom. The van der Waals surface area contributed by atoms with Gasteiger partial charge in [-0.1, -0.05) is 18.2 Å². The molecule has 0 fully saturated rings. The first-order valence-corrected chi connectivity index (χ1v) is 12.9. The van der Waals surface area contributed by atoms with E-state index in [9.17, 15) is 32.7 Å². The number of carbonyl (C=O) groups is 3. The molecule has 38 heavy (non-hydrogen) atoms. The first-order valence-electron chi connectivity index (χ1n) is 11.4. The lowest BCUT2D eigenvalue weighted by molar-refractivity contribution is -0.138. The van der Waals surface area contributed by atoms with Crippen LogP contribution in [-0.2, 0) is 14.8 Å². The maximum absolute atomic E-state index is 13.0. The number of rotatable bonds is 12. The van der Waals surface area contributed by atoms with E-state index >= 15 is 0 Å². The van der Waals surface area contributed by atoms with Crippen molar-refractivity contribution in [3.63, 3.8) is 0 Å². The summed E-state index contributed by atoms with van der Waals surface area (Å²) in [6.45, 7) is 0.0475. The van der Waals surface area contributed by atoms with Crippen molar-refractivity contribution in [1.29, 1.82) is 0 Å². The van der Waals surface area contributed by atoms with Gasteiger partial charge in [-0.2, -0.15) is 4.72 Å². The molecule has 3 rings (SSSR count). The first-order chi connectivity index (χ1) is 18.1. The number of urea groups is 1. The Labute approximate surface area is 217 Å². The molecular weight excluding hydrogens is 518 g/mol. The van der Waals surface area contributed by atoms with E-state index in [1.807, 2.05) is 4.72 Å². The third-order valence-corrected chi connectivity index (χ3v) is 6.77. The van der Waals surface area contributed by atoms with Gasteiger partial charge in [-0.15, -0.1) is 0 Å². The summed E-state index contributed by atoms with van der Waals surface area (Å²) in [7, 11) is -2.66. The number of sulfonamides is 1. The molecular formula is C24H27N5O8S. The van der Waals surface area contributed by atoms with Crippen LogP contribution in [0.5, 0.6) is 5.75 Å². The van der Waals surface area contributed by atoms with E-state index in [-0.39, 0.29) is 23.1 Å². The van der Waals surface area contributed by atoms with E-state index in [0.717, 1.165) is 0 Å². The Morgan fingerprint density at radius 2 is 1.74 bits per heavy atom. The second kappa shape index (κ2) is 12.7. The Morgan fingerprint density at radius 1 is 1.03 bits per heavy atom. The van der Waals surface area contributed by atoms with E-state index in [0.29, 0.717) is 24.2 Å². The van der Waals surface area contributed by atoms with Crippen LogP contribution in [0.4, 0.5) is 4.79 Å². The van der Waals surface area contributed by atoms with Gasteiger partial charge in [0.05, 0.1) is 17.7 Å². The molecule has 202 valence electrons. The van der Waals surface area contributed by atoms with E-state index < -0.39 is 40.0 Å². The maximum Gasteiger partial charge on any atom is 0.323 e. The summed E-state index contributed by atoms with van der Waals surface area (Å²) in [6.07, 6.45) is 1.93. The predicted octanol–water partition coefficient (Wildman–Crippen LogP) is 0.159. The highest BCUT2D eigenvalue weighted by atomic mass is 32.2. The van der Waals surface area contributed by atoms with Crippen molar-refractivity contribution in [1.82, 2.24) is 25.1 Å². The molecule has 1 atom stereocenters. The Kier molecular flexibility index (Phi) is 9.40. The highest BCUT2D eigenvalue weighted by Gasteiger charge is 2.26. The number of nitrogens with one attached hydrogen (secondary N) is 4. The standard InChI is InChI=1S/C24H27N5O8S/c1-25-24(34)26-12-5-13-37-17-10-8-16-9-11-19(22(31)29(16)15-17)21(30)27-14-20(23(32)33)28-38(35,36)18-6-3-2-4-7-18/h2-4,6-11,15,20,28H,5,12-14H2,1H3,(H,27,30)(H,32,33)(H2,25,26,34)/t20-/m0/s1. The summed E-state index contributed by atoms with van der Waals surface area (Å²) < 4.78 is 33.8. The number of carboxylic acids is 1. The molecule has 0 saturated carbocycles. The smallest absolute Gasteiger partial charge is 0.323 e. The number of hydrogen-bond donors (Lipinski definition) is 5. The minimum absolute atomic E-state index is 0.133. The van der Waals surface area contributed by atoms with Crippen LogP contribution in [0.1, 0.15) is 16.8 Å². The van der Waals surface area contributed by atoms with E-state index in [1.54, 1.807) is 18.2 Å². The van der Waals surface area contributed by atoms with Crippen molar-refractivity contribution in [2.24, 2.45) is 0 Å². The number of benzene rings is 1. The lowest BCUT2D eigenvalue weighted by Gasteiger charge is -2.16. The van der Waals surface area contributed by atoms with Crippen LogP contribution < -0.4 is 31.0 Å². The molecule has 0 radical (unpaired) electrons. The van der Waals surface area contributed by atoms with Crippen molar-refractivity contribution in [3.05, 3.63) is 76.7 Å². The molecule has 0 bridgehead atoms. The van der Waals surface area contributed by atoms with Crippen LogP contribution in [-0.4, -0.2) is 68.6 Å². The molecule has 3 aromatic rings. The van der Waals surface area contributed by atoms with E-state index in [4.69, 9.17) is 4.74 Å². The molecule has 0 unspecified atom stereocenters. The van der Waals surface area contributed by atoms with Gasteiger partial charge in [0.1, 0.15) is 17.4 Å². The number of fused-ring (bicyclic) bond motifs is 1. The molecule has 5 N–H and O–H groups in total. The molecule has 13 nitrogen and oxygen atoms in total. The molecule has 0 aliphatic rings. The summed E-state index contributed by atoms with van der Waals surface area (Å²) in [5.74, 6) is -2.02. The van der Waals surface area contributed by atoms with Crippen molar-refractivity contribution >= 4 is 33.4 Å². The number of hydrogen-bond acceptors (Lipinski definition) is 7. The van der Waals surface area contributed by atoms with Crippen molar-refractivity contribution in [3.8, 4) is 5.75 Å². The minimum Gasteiger partial charge on any atom is -0.492 e. The fraction of sp³-hybridized carbons (Fsp3) is 0.250. The minimum atomic E-state index is -4.16. The molecule has 0 aliphatic carbocycles. The molecule has 2 aromatic heterocycles. The summed E-state index contributed by atoms with van der Waals surface area (Å²) in [4.78, 5) is 48.3. The second-order valence-corrected chi connectivity index (χ2v) is 9.67. The van der Waals surface area contributed by atoms with Gasteiger partial charge in [-0.25, -0.2) is 13.2 Å². The molecule has 0 spiro atoms. The van der Waals surface area contributed by atoms with Crippen molar-refractivity contribution in [2.75, 3.05) is 26.7 Å². The average Bonchev–Trinajstić information content (AvgIpc) is 2.91. The van der Waals surface area contributed by atoms with Crippen LogP contribution in [0.25, 0.3) is 5.52 Å². The van der Waals surface area contributed by atoms with Gasteiger partial charge in [0.25, 0.3) is 11.5 Å². The largest absolute Gasteiger partial charge is 0.492 e. The Hall–Kier alpha value is -4.43. The van der Waals surface area contributed by atoms with Crippen LogP contribution >= 0.6 is 0 Å². The number of aromatic nitrogens is 1. The fourth-order valence-corrected chi connectivity index (χ4v) is 4.52. The molecule has 0 aliphatic heterocycles. The third kappa shape index (κ3) is 7.30. The van der Waals surface area contributed by atoms with Crippen LogP contribution in [0.15, 0.2) is 70.5 Å². The SMILES string of the molecule is CNC(=O)NCCCOc1ccc2ccc(C(=O)NC[C@H](NS(=O)(=O)c3ccccc3)C(=O)O)c(=O)n2c1.